The normalized spacial score (nSPS) is 12.3. The Morgan fingerprint density at radius 3 is 1.89 bits per heavy atom. The lowest BCUT2D eigenvalue weighted by Gasteiger charge is -2.35. The SMILES string of the molecule is Cc1ccc(S(=O)(=O)N(CC(=O)N(Cc2ccccc2)[C@H](Cc2ccccc2)C(=O)NC(C)(C)C)c2ccc(C)c(C)c2)cc1. The van der Waals surface area contributed by atoms with Crippen LogP contribution in [0.4, 0.5) is 5.69 Å². The van der Waals surface area contributed by atoms with E-state index in [2.05, 4.69) is 5.32 Å². The van der Waals surface area contributed by atoms with E-state index in [-0.39, 0.29) is 23.8 Å². The summed E-state index contributed by atoms with van der Waals surface area (Å²) in [6.07, 6.45) is 0.260. The summed E-state index contributed by atoms with van der Waals surface area (Å²) >= 11 is 0. The third-order valence-electron chi connectivity index (χ3n) is 7.63. The minimum absolute atomic E-state index is 0.0834. The number of hydrogen-bond donors (Lipinski definition) is 1. The monoisotopic (exact) mass is 625 g/mol. The summed E-state index contributed by atoms with van der Waals surface area (Å²) in [6.45, 7) is 11.1. The molecule has 0 aliphatic heterocycles. The van der Waals surface area contributed by atoms with E-state index in [1.807, 2.05) is 108 Å². The van der Waals surface area contributed by atoms with Crippen LogP contribution in [0.1, 0.15) is 48.6 Å². The van der Waals surface area contributed by atoms with Crippen molar-refractivity contribution in [3.8, 4) is 0 Å². The highest BCUT2D eigenvalue weighted by atomic mass is 32.2. The van der Waals surface area contributed by atoms with E-state index >= 15 is 0 Å². The molecule has 7 nitrogen and oxygen atoms in total. The molecule has 0 aliphatic rings. The highest BCUT2D eigenvalue weighted by molar-refractivity contribution is 7.92. The van der Waals surface area contributed by atoms with E-state index in [1.54, 1.807) is 36.4 Å². The second kappa shape index (κ2) is 14.1. The summed E-state index contributed by atoms with van der Waals surface area (Å²) in [6, 6.07) is 30.0. The molecule has 4 aromatic carbocycles. The smallest absolute Gasteiger partial charge is 0.264 e. The fraction of sp³-hybridized carbons (Fsp3) is 0.297. The summed E-state index contributed by atoms with van der Waals surface area (Å²) in [7, 11) is -4.15. The van der Waals surface area contributed by atoms with Crippen LogP contribution in [0.3, 0.4) is 0 Å². The molecule has 0 fully saturated rings. The number of benzene rings is 4. The number of amides is 2. The number of rotatable bonds is 11. The van der Waals surface area contributed by atoms with Crippen molar-refractivity contribution < 1.29 is 18.0 Å². The zero-order valence-corrected chi connectivity index (χ0v) is 27.8. The summed E-state index contributed by atoms with van der Waals surface area (Å²) in [5.74, 6) is -0.799. The first-order valence-corrected chi connectivity index (χ1v) is 16.5. The maximum absolute atomic E-state index is 14.6. The molecule has 0 unspecified atom stereocenters. The first-order chi connectivity index (χ1) is 21.2. The lowest BCUT2D eigenvalue weighted by Crippen LogP contribution is -2.56. The van der Waals surface area contributed by atoms with Gasteiger partial charge in [-0.05, 0) is 88.1 Å². The zero-order valence-electron chi connectivity index (χ0n) is 26.9. The zero-order chi connectivity index (χ0) is 32.8. The van der Waals surface area contributed by atoms with Gasteiger partial charge in [0, 0.05) is 18.5 Å². The molecule has 2 amide bonds. The van der Waals surface area contributed by atoms with Crippen LogP contribution < -0.4 is 9.62 Å². The predicted molar refractivity (Wildman–Crippen MR) is 180 cm³/mol. The van der Waals surface area contributed by atoms with Crippen LogP contribution in [0.25, 0.3) is 0 Å². The van der Waals surface area contributed by atoms with E-state index in [1.165, 1.54) is 4.90 Å². The molecule has 0 heterocycles. The summed E-state index contributed by atoms with van der Waals surface area (Å²) < 4.78 is 29.6. The van der Waals surface area contributed by atoms with Crippen LogP contribution in [-0.4, -0.2) is 43.3 Å². The first kappa shape index (κ1) is 33.5. The van der Waals surface area contributed by atoms with Crippen molar-refractivity contribution >= 4 is 27.5 Å². The number of carbonyl (C=O) groups is 2. The quantitative estimate of drug-likeness (QED) is 0.210. The van der Waals surface area contributed by atoms with Gasteiger partial charge in [-0.3, -0.25) is 13.9 Å². The third kappa shape index (κ3) is 8.82. The van der Waals surface area contributed by atoms with Gasteiger partial charge in [0.05, 0.1) is 10.6 Å². The molecule has 1 N–H and O–H groups in total. The molecule has 1 atom stereocenters. The molecule has 0 bridgehead atoms. The molecule has 45 heavy (non-hydrogen) atoms. The maximum Gasteiger partial charge on any atom is 0.264 e. The molecule has 0 aromatic heterocycles. The molecule has 0 radical (unpaired) electrons. The Morgan fingerprint density at radius 2 is 1.33 bits per heavy atom. The van der Waals surface area contributed by atoms with Crippen LogP contribution in [0.2, 0.25) is 0 Å². The van der Waals surface area contributed by atoms with Crippen LogP contribution >= 0.6 is 0 Å². The van der Waals surface area contributed by atoms with Gasteiger partial charge < -0.3 is 10.2 Å². The Morgan fingerprint density at radius 1 is 0.756 bits per heavy atom. The van der Waals surface area contributed by atoms with Crippen molar-refractivity contribution in [2.24, 2.45) is 0 Å². The van der Waals surface area contributed by atoms with Crippen molar-refractivity contribution in [2.45, 2.75) is 71.0 Å². The van der Waals surface area contributed by atoms with Crippen molar-refractivity contribution in [1.82, 2.24) is 10.2 Å². The van der Waals surface area contributed by atoms with Gasteiger partial charge in [0.2, 0.25) is 11.8 Å². The van der Waals surface area contributed by atoms with Gasteiger partial charge in [0.25, 0.3) is 10.0 Å². The lowest BCUT2D eigenvalue weighted by molar-refractivity contribution is -0.140. The Balaban J connectivity index is 1.82. The number of nitrogens with zero attached hydrogens (tertiary/aromatic N) is 2. The van der Waals surface area contributed by atoms with Gasteiger partial charge in [0.15, 0.2) is 0 Å². The highest BCUT2D eigenvalue weighted by Crippen LogP contribution is 2.27. The number of carbonyl (C=O) groups excluding carboxylic acids is 2. The van der Waals surface area contributed by atoms with E-state index in [0.717, 1.165) is 32.1 Å². The van der Waals surface area contributed by atoms with E-state index in [4.69, 9.17) is 0 Å². The van der Waals surface area contributed by atoms with Gasteiger partial charge >= 0.3 is 0 Å². The molecular formula is C37H43N3O4S. The van der Waals surface area contributed by atoms with Crippen LogP contribution in [0.5, 0.6) is 0 Å². The molecule has 4 rings (SSSR count). The van der Waals surface area contributed by atoms with Gasteiger partial charge in [0.1, 0.15) is 12.6 Å². The second-order valence-electron chi connectivity index (χ2n) is 12.5. The highest BCUT2D eigenvalue weighted by Gasteiger charge is 2.35. The molecule has 8 heteroatoms. The first-order valence-electron chi connectivity index (χ1n) is 15.1. The Labute approximate surface area is 268 Å². The molecular weight excluding hydrogens is 582 g/mol. The average Bonchev–Trinajstić information content (AvgIpc) is 2.99. The minimum atomic E-state index is -4.15. The summed E-state index contributed by atoms with van der Waals surface area (Å²) in [4.78, 5) is 30.1. The van der Waals surface area contributed by atoms with Gasteiger partial charge in [-0.1, -0.05) is 84.4 Å². The molecule has 0 spiro atoms. The lowest BCUT2D eigenvalue weighted by atomic mass is 10.0. The van der Waals surface area contributed by atoms with Crippen molar-refractivity contribution in [1.29, 1.82) is 0 Å². The van der Waals surface area contributed by atoms with Crippen LogP contribution in [0, 0.1) is 20.8 Å². The van der Waals surface area contributed by atoms with Gasteiger partial charge in [-0.25, -0.2) is 8.42 Å². The van der Waals surface area contributed by atoms with Crippen LogP contribution in [-0.2, 0) is 32.6 Å². The standard InChI is InChI=1S/C37H43N3O4S/c1-27-17-21-33(22-18-27)45(43,44)40(32-20-19-28(2)29(3)23-32)26-35(41)39(25-31-15-11-8-12-16-31)34(36(42)38-37(4,5)6)24-30-13-9-7-10-14-30/h7-23,34H,24-26H2,1-6H3,(H,38,42)/t34-/m1/s1. The molecule has 236 valence electrons. The minimum Gasteiger partial charge on any atom is -0.350 e. The van der Waals surface area contributed by atoms with Gasteiger partial charge in [-0.15, -0.1) is 0 Å². The summed E-state index contributed by atoms with van der Waals surface area (Å²) in [5.41, 5.74) is 4.37. The average molecular weight is 626 g/mol. The number of sulfonamides is 1. The molecule has 0 aliphatic carbocycles. The summed E-state index contributed by atoms with van der Waals surface area (Å²) in [5, 5.41) is 3.06. The van der Waals surface area contributed by atoms with E-state index in [0.29, 0.717) is 5.69 Å². The molecule has 0 saturated carbocycles. The number of anilines is 1. The third-order valence-corrected chi connectivity index (χ3v) is 9.42. The van der Waals surface area contributed by atoms with E-state index in [9.17, 15) is 18.0 Å². The fourth-order valence-corrected chi connectivity index (χ4v) is 6.44. The molecule has 4 aromatic rings. The fourth-order valence-electron chi connectivity index (χ4n) is 5.03. The van der Waals surface area contributed by atoms with Crippen molar-refractivity contribution in [2.75, 3.05) is 10.8 Å². The Hall–Kier alpha value is -4.43. The van der Waals surface area contributed by atoms with Crippen molar-refractivity contribution in [3.05, 3.63) is 131 Å². The predicted octanol–water partition coefficient (Wildman–Crippen LogP) is 6.36. The number of aryl methyl sites for hydroxylation is 3. The maximum atomic E-state index is 14.6. The van der Waals surface area contributed by atoms with E-state index < -0.39 is 34.1 Å². The van der Waals surface area contributed by atoms with Crippen LogP contribution in [0.15, 0.2) is 108 Å². The molecule has 0 saturated heterocycles. The van der Waals surface area contributed by atoms with Crippen molar-refractivity contribution in [3.63, 3.8) is 0 Å². The Bertz CT molecular complexity index is 1720. The largest absolute Gasteiger partial charge is 0.350 e. The number of hydrogen-bond acceptors (Lipinski definition) is 4. The Kier molecular flexibility index (Phi) is 10.5. The number of nitrogens with one attached hydrogen (secondary N) is 1. The second-order valence-corrected chi connectivity index (χ2v) is 14.4. The topological polar surface area (TPSA) is 86.8 Å². The van der Waals surface area contributed by atoms with Gasteiger partial charge in [-0.2, -0.15) is 0 Å².